The quantitative estimate of drug-likeness (QED) is 0.839. The summed E-state index contributed by atoms with van der Waals surface area (Å²) in [6, 6.07) is 1.99. The molecule has 0 aromatic carbocycles. The van der Waals surface area contributed by atoms with E-state index in [1.165, 1.54) is 0 Å². The number of anilines is 1. The Morgan fingerprint density at radius 2 is 1.91 bits per heavy atom. The molecule has 2 aromatic rings. The fourth-order valence-electron chi connectivity index (χ4n) is 2.86. The van der Waals surface area contributed by atoms with E-state index in [1.807, 2.05) is 22.4 Å². The van der Waals surface area contributed by atoms with E-state index < -0.39 is 0 Å². The summed E-state index contributed by atoms with van der Waals surface area (Å²) in [5, 5.41) is 4.66. The van der Waals surface area contributed by atoms with Crippen molar-refractivity contribution in [2.24, 2.45) is 0 Å². The first-order valence-electron chi connectivity index (χ1n) is 8.15. The van der Waals surface area contributed by atoms with E-state index in [0.717, 1.165) is 31.9 Å². The number of carbonyl (C=O) groups is 1. The number of aromatic nitrogens is 4. The molecule has 1 aliphatic rings. The van der Waals surface area contributed by atoms with Gasteiger partial charge < -0.3 is 9.80 Å². The lowest BCUT2D eigenvalue weighted by molar-refractivity contribution is -0.131. The Morgan fingerprint density at radius 3 is 2.52 bits per heavy atom. The van der Waals surface area contributed by atoms with Crippen molar-refractivity contribution in [2.45, 2.75) is 39.5 Å². The lowest BCUT2D eigenvalue weighted by Crippen LogP contribution is -2.49. The van der Waals surface area contributed by atoms with Crippen molar-refractivity contribution in [3.8, 4) is 0 Å². The second-order valence-electron chi connectivity index (χ2n) is 6.93. The number of nitrogens with zero attached hydrogens (tertiary/aromatic N) is 6. The lowest BCUT2D eigenvalue weighted by Gasteiger charge is -2.33. The van der Waals surface area contributed by atoms with Crippen LogP contribution in [0.5, 0.6) is 0 Å². The Labute approximate surface area is 136 Å². The Morgan fingerprint density at radius 1 is 1.22 bits per heavy atom. The zero-order valence-corrected chi connectivity index (χ0v) is 14.3. The van der Waals surface area contributed by atoms with Crippen LogP contribution in [0, 0.1) is 0 Å². The van der Waals surface area contributed by atoms with Gasteiger partial charge in [0.05, 0.1) is 5.69 Å². The third-order valence-corrected chi connectivity index (χ3v) is 4.22. The number of fused-ring (bicyclic) bond motifs is 1. The molecular weight excluding hydrogens is 292 g/mol. The van der Waals surface area contributed by atoms with Crippen LogP contribution in [0.2, 0.25) is 0 Å². The molecule has 1 aliphatic heterocycles. The molecular formula is C16H24N6O. The maximum atomic E-state index is 11.8. The van der Waals surface area contributed by atoms with Gasteiger partial charge in [0.25, 0.3) is 5.78 Å². The molecule has 0 bridgehead atoms. The molecule has 2 aromatic heterocycles. The van der Waals surface area contributed by atoms with Gasteiger partial charge in [0, 0.05) is 44.2 Å². The van der Waals surface area contributed by atoms with Crippen LogP contribution >= 0.6 is 0 Å². The van der Waals surface area contributed by atoms with E-state index in [9.17, 15) is 4.79 Å². The summed E-state index contributed by atoms with van der Waals surface area (Å²) >= 11 is 0. The fourth-order valence-corrected chi connectivity index (χ4v) is 2.86. The molecule has 1 amide bonds. The molecule has 0 spiro atoms. The topological polar surface area (TPSA) is 66.6 Å². The van der Waals surface area contributed by atoms with Crippen molar-refractivity contribution in [3.63, 3.8) is 0 Å². The molecule has 124 valence electrons. The predicted octanol–water partition coefficient (Wildman–Crippen LogP) is 1.48. The van der Waals surface area contributed by atoms with Gasteiger partial charge >= 0.3 is 0 Å². The van der Waals surface area contributed by atoms with Gasteiger partial charge in [-0.2, -0.15) is 9.50 Å². The second-order valence-corrected chi connectivity index (χ2v) is 6.93. The molecule has 3 heterocycles. The smallest absolute Gasteiger partial charge is 0.254 e. The van der Waals surface area contributed by atoms with Gasteiger partial charge in [0.2, 0.25) is 11.9 Å². The van der Waals surface area contributed by atoms with Crippen LogP contribution in [0.1, 0.15) is 39.8 Å². The molecule has 0 unspecified atom stereocenters. The van der Waals surface area contributed by atoms with E-state index in [4.69, 9.17) is 0 Å². The largest absolute Gasteiger partial charge is 0.339 e. The number of hydrogen-bond acceptors (Lipinski definition) is 5. The Hall–Kier alpha value is -2.18. The second kappa shape index (κ2) is 5.79. The average Bonchev–Trinajstić information content (AvgIpc) is 2.97. The first-order chi connectivity index (χ1) is 10.9. The van der Waals surface area contributed by atoms with E-state index >= 15 is 0 Å². The third kappa shape index (κ3) is 3.00. The van der Waals surface area contributed by atoms with Crippen molar-refractivity contribution in [1.82, 2.24) is 24.5 Å². The van der Waals surface area contributed by atoms with Crippen molar-refractivity contribution in [2.75, 3.05) is 31.1 Å². The zero-order chi connectivity index (χ0) is 16.6. The number of rotatable bonds is 2. The summed E-state index contributed by atoms with van der Waals surface area (Å²) in [4.78, 5) is 24.7. The fraction of sp³-hybridized carbons (Fsp3) is 0.625. The molecule has 0 aliphatic carbocycles. The van der Waals surface area contributed by atoms with E-state index in [0.29, 0.717) is 18.1 Å². The molecule has 7 heteroatoms. The van der Waals surface area contributed by atoms with E-state index in [1.54, 1.807) is 6.20 Å². The molecule has 3 rings (SSSR count). The highest BCUT2D eigenvalue weighted by atomic mass is 16.2. The maximum absolute atomic E-state index is 11.8. The SMILES string of the molecule is CCC(=O)N1CCN(c2nc3nccc(C(C)(C)C)n3n2)CC1. The minimum Gasteiger partial charge on any atom is -0.339 e. The van der Waals surface area contributed by atoms with Crippen LogP contribution in [0.4, 0.5) is 5.95 Å². The molecule has 23 heavy (non-hydrogen) atoms. The average molecular weight is 316 g/mol. The predicted molar refractivity (Wildman–Crippen MR) is 88.6 cm³/mol. The Balaban J connectivity index is 1.84. The third-order valence-electron chi connectivity index (χ3n) is 4.22. The number of carbonyl (C=O) groups excluding carboxylic acids is 1. The van der Waals surface area contributed by atoms with Gasteiger partial charge in [-0.25, -0.2) is 4.98 Å². The highest BCUT2D eigenvalue weighted by Gasteiger charge is 2.24. The molecule has 0 atom stereocenters. The maximum Gasteiger partial charge on any atom is 0.254 e. The minimum atomic E-state index is -0.0294. The standard InChI is InChI=1S/C16H24N6O/c1-5-13(23)20-8-10-21(11-9-20)15-18-14-17-7-6-12(16(2,3)4)22(14)19-15/h6-7H,5,8-11H2,1-4H3. The molecule has 0 saturated carbocycles. The van der Waals surface area contributed by atoms with Gasteiger partial charge in [0.15, 0.2) is 0 Å². The highest BCUT2D eigenvalue weighted by molar-refractivity contribution is 5.76. The van der Waals surface area contributed by atoms with Crippen LogP contribution < -0.4 is 4.90 Å². The van der Waals surface area contributed by atoms with Crippen LogP contribution in [-0.2, 0) is 10.2 Å². The Kier molecular flexibility index (Phi) is 3.95. The van der Waals surface area contributed by atoms with E-state index in [2.05, 4.69) is 40.7 Å². The van der Waals surface area contributed by atoms with E-state index in [-0.39, 0.29) is 11.3 Å². The van der Waals surface area contributed by atoms with Gasteiger partial charge in [-0.1, -0.05) is 27.7 Å². The first kappa shape index (κ1) is 15.7. The summed E-state index contributed by atoms with van der Waals surface area (Å²) in [7, 11) is 0. The molecule has 0 radical (unpaired) electrons. The monoisotopic (exact) mass is 316 g/mol. The molecule has 1 fully saturated rings. The minimum absolute atomic E-state index is 0.0294. The number of hydrogen-bond donors (Lipinski definition) is 0. The van der Waals surface area contributed by atoms with Gasteiger partial charge in [0.1, 0.15) is 0 Å². The van der Waals surface area contributed by atoms with Gasteiger partial charge in [-0.05, 0) is 6.07 Å². The zero-order valence-electron chi connectivity index (χ0n) is 14.3. The van der Waals surface area contributed by atoms with Crippen molar-refractivity contribution < 1.29 is 4.79 Å². The molecule has 1 saturated heterocycles. The van der Waals surface area contributed by atoms with Crippen LogP contribution in [-0.4, -0.2) is 56.6 Å². The summed E-state index contributed by atoms with van der Waals surface area (Å²) in [5.74, 6) is 1.53. The summed E-state index contributed by atoms with van der Waals surface area (Å²) in [5.41, 5.74) is 1.05. The van der Waals surface area contributed by atoms with Gasteiger partial charge in [-0.15, -0.1) is 5.10 Å². The summed E-state index contributed by atoms with van der Waals surface area (Å²) in [6.45, 7) is 11.3. The Bertz CT molecular complexity index is 709. The highest BCUT2D eigenvalue weighted by Crippen LogP contribution is 2.23. The van der Waals surface area contributed by atoms with Crippen molar-refractivity contribution >= 4 is 17.6 Å². The van der Waals surface area contributed by atoms with Crippen LogP contribution in [0.15, 0.2) is 12.3 Å². The number of piperazine rings is 1. The number of amides is 1. The van der Waals surface area contributed by atoms with Crippen LogP contribution in [0.25, 0.3) is 5.78 Å². The first-order valence-corrected chi connectivity index (χ1v) is 8.15. The summed E-state index contributed by atoms with van der Waals surface area (Å²) < 4.78 is 1.83. The van der Waals surface area contributed by atoms with Crippen LogP contribution in [0.3, 0.4) is 0 Å². The molecule has 0 N–H and O–H groups in total. The van der Waals surface area contributed by atoms with Crippen molar-refractivity contribution in [1.29, 1.82) is 0 Å². The normalized spacial score (nSPS) is 16.2. The van der Waals surface area contributed by atoms with Crippen molar-refractivity contribution in [3.05, 3.63) is 18.0 Å². The van der Waals surface area contributed by atoms with Gasteiger partial charge in [-0.3, -0.25) is 4.79 Å². The lowest BCUT2D eigenvalue weighted by atomic mass is 9.92. The summed E-state index contributed by atoms with van der Waals surface area (Å²) in [6.07, 6.45) is 2.34. The molecule has 7 nitrogen and oxygen atoms in total.